The highest BCUT2D eigenvalue weighted by molar-refractivity contribution is 5.83. The van der Waals surface area contributed by atoms with Crippen molar-refractivity contribution in [3.63, 3.8) is 0 Å². The summed E-state index contributed by atoms with van der Waals surface area (Å²) in [5, 5.41) is 13.7. The van der Waals surface area contributed by atoms with Crippen molar-refractivity contribution in [1.29, 1.82) is 0 Å². The Kier molecular flexibility index (Phi) is 7.22. The van der Waals surface area contributed by atoms with Crippen LogP contribution in [0.5, 0.6) is 11.5 Å². The van der Waals surface area contributed by atoms with Crippen LogP contribution in [-0.4, -0.2) is 81.4 Å². The fraction of sp³-hybridized carbons (Fsp3) is 0.630. The lowest BCUT2D eigenvalue weighted by Gasteiger charge is -2.43. The minimum Gasteiger partial charge on any atom is -0.493 e. The number of H-pyrrole nitrogens is 1. The molecular formula is C27H39N7O3. The second-order valence-electron chi connectivity index (χ2n) is 11.2. The summed E-state index contributed by atoms with van der Waals surface area (Å²) >= 11 is 0. The Bertz CT molecular complexity index is 1280. The van der Waals surface area contributed by atoms with Crippen molar-refractivity contribution >= 4 is 10.9 Å². The van der Waals surface area contributed by atoms with Gasteiger partial charge in [-0.05, 0) is 56.2 Å². The zero-order valence-corrected chi connectivity index (χ0v) is 22.7. The molecule has 10 heteroatoms. The third-order valence-electron chi connectivity index (χ3n) is 7.85. The number of ether oxygens (including phenoxy) is 2. The monoisotopic (exact) mass is 509 g/mol. The van der Waals surface area contributed by atoms with Gasteiger partial charge in [0.05, 0.1) is 25.3 Å². The van der Waals surface area contributed by atoms with Crippen LogP contribution < -0.4 is 15.0 Å². The molecule has 1 aromatic carbocycles. The molecule has 1 aliphatic heterocycles. The third kappa shape index (κ3) is 5.09. The Morgan fingerprint density at radius 1 is 0.973 bits per heavy atom. The van der Waals surface area contributed by atoms with Crippen LogP contribution >= 0.6 is 0 Å². The number of piperazine rings is 1. The average molecular weight is 510 g/mol. The summed E-state index contributed by atoms with van der Waals surface area (Å²) in [6, 6.07) is 5.97. The van der Waals surface area contributed by atoms with E-state index in [2.05, 4.69) is 51.1 Å². The van der Waals surface area contributed by atoms with Crippen LogP contribution in [0.2, 0.25) is 0 Å². The third-order valence-corrected chi connectivity index (χ3v) is 7.85. The van der Waals surface area contributed by atoms with Crippen molar-refractivity contribution in [2.75, 3.05) is 40.4 Å². The molecule has 0 spiro atoms. The zero-order chi connectivity index (χ0) is 26.2. The van der Waals surface area contributed by atoms with Gasteiger partial charge in [-0.15, -0.1) is 5.10 Å². The molecular weight excluding hydrogens is 470 g/mol. The summed E-state index contributed by atoms with van der Waals surface area (Å²) in [6.07, 6.45) is 6.60. The van der Waals surface area contributed by atoms with Gasteiger partial charge in [-0.1, -0.05) is 19.3 Å². The second kappa shape index (κ2) is 10.4. The smallest absolute Gasteiger partial charge is 0.253 e. The molecule has 1 saturated carbocycles. The van der Waals surface area contributed by atoms with Gasteiger partial charge in [0.25, 0.3) is 5.56 Å². The number of nitrogens with zero attached hydrogens (tertiary/aromatic N) is 6. The number of aromatic nitrogens is 5. The van der Waals surface area contributed by atoms with Crippen molar-refractivity contribution in [3.8, 4) is 11.5 Å². The molecule has 0 amide bonds. The molecule has 0 bridgehead atoms. The Hall–Kier alpha value is -2.98. The molecule has 200 valence electrons. The van der Waals surface area contributed by atoms with E-state index in [0.717, 1.165) is 31.6 Å². The van der Waals surface area contributed by atoms with Crippen LogP contribution in [0.4, 0.5) is 0 Å². The summed E-state index contributed by atoms with van der Waals surface area (Å²) in [5.41, 5.74) is 0.845. The number of hydrogen-bond acceptors (Lipinski definition) is 8. The minimum atomic E-state index is -0.371. The number of pyridine rings is 1. The van der Waals surface area contributed by atoms with Crippen molar-refractivity contribution in [2.45, 2.75) is 70.5 Å². The lowest BCUT2D eigenvalue weighted by Crippen LogP contribution is -2.52. The molecule has 1 N–H and O–H groups in total. The molecule has 2 aromatic heterocycles. The number of nitrogens with one attached hydrogen (secondary N) is 1. The number of hydrogen-bond donors (Lipinski definition) is 1. The fourth-order valence-electron chi connectivity index (χ4n) is 5.90. The molecule has 2 aliphatic rings. The molecule has 1 aliphatic carbocycles. The zero-order valence-electron chi connectivity index (χ0n) is 22.7. The number of tetrazole rings is 1. The van der Waals surface area contributed by atoms with Crippen LogP contribution in [0.15, 0.2) is 23.0 Å². The summed E-state index contributed by atoms with van der Waals surface area (Å²) in [5.74, 6) is 1.87. The highest BCUT2D eigenvalue weighted by Crippen LogP contribution is 2.34. The highest BCUT2D eigenvalue weighted by Gasteiger charge is 2.36. The second-order valence-corrected chi connectivity index (χ2v) is 11.2. The van der Waals surface area contributed by atoms with E-state index in [9.17, 15) is 4.79 Å². The fourth-order valence-corrected chi connectivity index (χ4v) is 5.90. The molecule has 1 unspecified atom stereocenters. The topological polar surface area (TPSA) is 101 Å². The van der Waals surface area contributed by atoms with E-state index in [-0.39, 0.29) is 17.1 Å². The first-order valence-corrected chi connectivity index (χ1v) is 13.4. The lowest BCUT2D eigenvalue weighted by molar-refractivity contribution is 0.0606. The van der Waals surface area contributed by atoms with Gasteiger partial charge < -0.3 is 14.5 Å². The first-order valence-electron chi connectivity index (χ1n) is 13.4. The van der Waals surface area contributed by atoms with E-state index < -0.39 is 0 Å². The molecule has 10 nitrogen and oxygen atoms in total. The number of fused-ring (bicyclic) bond motifs is 1. The molecule has 3 heterocycles. The number of methoxy groups -OCH3 is 2. The van der Waals surface area contributed by atoms with E-state index in [1.54, 1.807) is 20.3 Å². The Morgan fingerprint density at radius 3 is 2.30 bits per heavy atom. The van der Waals surface area contributed by atoms with Gasteiger partial charge in [0.1, 0.15) is 6.04 Å². The molecule has 3 aromatic rings. The predicted molar refractivity (Wildman–Crippen MR) is 142 cm³/mol. The molecule has 37 heavy (non-hydrogen) atoms. The van der Waals surface area contributed by atoms with Gasteiger partial charge in [0.2, 0.25) is 0 Å². The minimum absolute atomic E-state index is 0.150. The number of rotatable bonds is 6. The Balaban J connectivity index is 1.55. The molecule has 1 saturated heterocycles. The summed E-state index contributed by atoms with van der Waals surface area (Å²) in [7, 11) is 3.20. The predicted octanol–water partition coefficient (Wildman–Crippen LogP) is 3.33. The summed E-state index contributed by atoms with van der Waals surface area (Å²) in [6.45, 7) is 9.89. The van der Waals surface area contributed by atoms with E-state index >= 15 is 0 Å². The van der Waals surface area contributed by atoms with E-state index in [1.807, 2.05) is 16.8 Å². The largest absolute Gasteiger partial charge is 0.493 e. The average Bonchev–Trinajstić information content (AvgIpc) is 3.40. The van der Waals surface area contributed by atoms with Crippen LogP contribution in [0.25, 0.3) is 10.9 Å². The van der Waals surface area contributed by atoms with Crippen molar-refractivity contribution < 1.29 is 9.47 Å². The van der Waals surface area contributed by atoms with Gasteiger partial charge in [-0.2, -0.15) is 0 Å². The normalized spacial score (nSPS) is 19.3. The quantitative estimate of drug-likeness (QED) is 0.540. The van der Waals surface area contributed by atoms with Crippen molar-refractivity contribution in [2.24, 2.45) is 0 Å². The van der Waals surface area contributed by atoms with E-state index in [0.29, 0.717) is 34.4 Å². The lowest BCUT2D eigenvalue weighted by atomic mass is 9.93. The molecule has 2 fully saturated rings. The molecule has 5 rings (SSSR count). The standard InChI is InChI=1S/C27H39N7O3/c1-27(2,3)34-25(29-30-31-34)24(33-13-11-32(12-14-33)19-9-7-6-8-10-19)20-15-18-16-22(36-4)23(37-5)17-21(18)28-26(20)35/h15-17,19,24H,6-14H2,1-5H3,(H,28,35). The Labute approximate surface area is 217 Å². The number of benzene rings is 1. The van der Waals surface area contributed by atoms with Crippen LogP contribution in [0, 0.1) is 0 Å². The Morgan fingerprint density at radius 2 is 1.65 bits per heavy atom. The maximum absolute atomic E-state index is 13.6. The molecule has 0 radical (unpaired) electrons. The SMILES string of the molecule is COc1cc2cc(C(c3nnnn3C(C)(C)C)N3CCN(C4CCCCC4)CC3)c(=O)[nH]c2cc1OC. The van der Waals surface area contributed by atoms with Gasteiger partial charge in [-0.3, -0.25) is 14.6 Å². The van der Waals surface area contributed by atoms with E-state index in [1.165, 1.54) is 32.1 Å². The highest BCUT2D eigenvalue weighted by atomic mass is 16.5. The van der Waals surface area contributed by atoms with Gasteiger partial charge in [0, 0.05) is 49.2 Å². The van der Waals surface area contributed by atoms with Gasteiger partial charge >= 0.3 is 0 Å². The maximum atomic E-state index is 13.6. The van der Waals surface area contributed by atoms with Crippen LogP contribution in [0.3, 0.4) is 0 Å². The number of aromatic amines is 1. The maximum Gasteiger partial charge on any atom is 0.253 e. The summed E-state index contributed by atoms with van der Waals surface area (Å²) < 4.78 is 12.8. The molecule has 1 atom stereocenters. The van der Waals surface area contributed by atoms with Gasteiger partial charge in [0.15, 0.2) is 17.3 Å². The van der Waals surface area contributed by atoms with E-state index in [4.69, 9.17) is 9.47 Å². The van der Waals surface area contributed by atoms with Crippen molar-refractivity contribution in [1.82, 2.24) is 35.0 Å². The first-order chi connectivity index (χ1) is 17.8. The van der Waals surface area contributed by atoms with Crippen molar-refractivity contribution in [3.05, 3.63) is 39.9 Å². The first kappa shape index (κ1) is 25.7. The van der Waals surface area contributed by atoms with Gasteiger partial charge in [-0.25, -0.2) is 4.68 Å². The summed E-state index contributed by atoms with van der Waals surface area (Å²) in [4.78, 5) is 21.7. The van der Waals surface area contributed by atoms with Crippen LogP contribution in [0.1, 0.15) is 70.3 Å². The van der Waals surface area contributed by atoms with Crippen LogP contribution in [-0.2, 0) is 5.54 Å².